The van der Waals surface area contributed by atoms with E-state index in [-0.39, 0.29) is 5.56 Å². The average Bonchev–Trinajstić information content (AvgIpc) is 2.52. The molecule has 1 heterocycles. The largest absolute Gasteiger partial charge is 0.315 e. The van der Waals surface area contributed by atoms with Crippen molar-refractivity contribution in [1.82, 2.24) is 9.88 Å². The van der Waals surface area contributed by atoms with Crippen LogP contribution in [-0.4, -0.2) is 11.1 Å². The molecule has 0 aliphatic heterocycles. The molecule has 1 aromatic rings. The van der Waals surface area contributed by atoms with Gasteiger partial charge in [0.1, 0.15) is 0 Å². The van der Waals surface area contributed by atoms with Gasteiger partial charge < -0.3 is 9.88 Å². The van der Waals surface area contributed by atoms with Crippen molar-refractivity contribution < 1.29 is 0 Å². The highest BCUT2D eigenvalue weighted by atomic mass is 16.1. The molecule has 114 valence electrons. The van der Waals surface area contributed by atoms with Gasteiger partial charge in [0.25, 0.3) is 0 Å². The van der Waals surface area contributed by atoms with E-state index < -0.39 is 0 Å². The normalized spacial score (nSPS) is 21.8. The summed E-state index contributed by atoms with van der Waals surface area (Å²) in [4.78, 5) is 11.8. The highest BCUT2D eigenvalue weighted by Crippen LogP contribution is 2.28. The Kier molecular flexibility index (Phi) is 4.59. The number of nitrogens with one attached hydrogen (secondary N) is 1. The minimum Gasteiger partial charge on any atom is -0.315 e. The number of aromatic nitrogens is 1. The minimum absolute atomic E-state index is 0.113. The zero-order chi connectivity index (χ0) is 14.7. The molecule has 3 heteroatoms. The molecule has 0 saturated carbocycles. The monoisotopic (exact) mass is 286 g/mol. The first-order valence-corrected chi connectivity index (χ1v) is 8.36. The van der Waals surface area contributed by atoms with Crippen molar-refractivity contribution in [3.8, 4) is 0 Å². The number of pyridine rings is 1. The second kappa shape index (κ2) is 6.61. The number of hydrogen-bond donors (Lipinski definition) is 1. The van der Waals surface area contributed by atoms with Crippen LogP contribution >= 0.6 is 0 Å². The molecule has 0 spiro atoms. The zero-order valence-corrected chi connectivity index (χ0v) is 13.0. The van der Waals surface area contributed by atoms with E-state index in [0.717, 1.165) is 13.0 Å². The van der Waals surface area contributed by atoms with Gasteiger partial charge in [0.15, 0.2) is 0 Å². The Morgan fingerprint density at radius 2 is 2.14 bits per heavy atom. The topological polar surface area (TPSA) is 34.0 Å². The quantitative estimate of drug-likeness (QED) is 0.862. The van der Waals surface area contributed by atoms with Crippen LogP contribution in [0.25, 0.3) is 0 Å². The molecule has 2 aliphatic carbocycles. The van der Waals surface area contributed by atoms with E-state index in [4.69, 9.17) is 0 Å². The summed E-state index contributed by atoms with van der Waals surface area (Å²) in [6.45, 7) is 1.05. The molecule has 0 radical (unpaired) electrons. The van der Waals surface area contributed by atoms with Crippen molar-refractivity contribution in [2.45, 2.75) is 57.4 Å². The van der Waals surface area contributed by atoms with Gasteiger partial charge in [-0.1, -0.05) is 17.7 Å². The summed E-state index contributed by atoms with van der Waals surface area (Å²) in [6, 6.07) is 4.17. The SMILES string of the molecule is Cn1c2c(ccc1=O)C(NCCC1=CCCCC1)CCC2. The highest BCUT2D eigenvalue weighted by Gasteiger charge is 2.21. The van der Waals surface area contributed by atoms with Crippen LogP contribution in [-0.2, 0) is 13.5 Å². The van der Waals surface area contributed by atoms with E-state index in [1.807, 2.05) is 17.7 Å². The Hall–Kier alpha value is -1.35. The number of rotatable bonds is 4. The lowest BCUT2D eigenvalue weighted by molar-refractivity contribution is 0.446. The van der Waals surface area contributed by atoms with Gasteiger partial charge in [-0.05, 0) is 63.5 Å². The predicted molar refractivity (Wildman–Crippen MR) is 86.5 cm³/mol. The second-order valence-electron chi connectivity index (χ2n) is 6.39. The third-order valence-electron chi connectivity index (χ3n) is 4.98. The Morgan fingerprint density at radius 3 is 2.95 bits per heavy atom. The summed E-state index contributed by atoms with van der Waals surface area (Å²) in [7, 11) is 1.90. The summed E-state index contributed by atoms with van der Waals surface area (Å²) in [5.74, 6) is 0. The fourth-order valence-electron chi connectivity index (χ4n) is 3.70. The third kappa shape index (κ3) is 3.29. The van der Waals surface area contributed by atoms with E-state index in [0.29, 0.717) is 6.04 Å². The van der Waals surface area contributed by atoms with Crippen molar-refractivity contribution in [2.75, 3.05) is 6.54 Å². The Morgan fingerprint density at radius 1 is 1.24 bits per heavy atom. The molecule has 3 rings (SSSR count). The molecule has 1 atom stereocenters. The summed E-state index contributed by atoms with van der Waals surface area (Å²) < 4.78 is 1.83. The maximum absolute atomic E-state index is 11.8. The lowest BCUT2D eigenvalue weighted by Crippen LogP contribution is -2.31. The predicted octanol–water partition coefficient (Wildman–Crippen LogP) is 3.24. The Balaban J connectivity index is 1.64. The van der Waals surface area contributed by atoms with Gasteiger partial charge >= 0.3 is 0 Å². The van der Waals surface area contributed by atoms with Gasteiger partial charge in [-0.2, -0.15) is 0 Å². The van der Waals surface area contributed by atoms with Crippen LogP contribution in [0.5, 0.6) is 0 Å². The number of nitrogens with zero attached hydrogens (tertiary/aromatic N) is 1. The van der Waals surface area contributed by atoms with Crippen LogP contribution in [0.2, 0.25) is 0 Å². The fraction of sp³-hybridized carbons (Fsp3) is 0.611. The molecule has 0 aromatic carbocycles. The summed E-state index contributed by atoms with van der Waals surface area (Å²) in [6.07, 6.45) is 12.3. The van der Waals surface area contributed by atoms with Crippen LogP contribution in [0.4, 0.5) is 0 Å². The van der Waals surface area contributed by atoms with Crippen LogP contribution in [0.1, 0.15) is 62.2 Å². The van der Waals surface area contributed by atoms with Crippen molar-refractivity contribution >= 4 is 0 Å². The third-order valence-corrected chi connectivity index (χ3v) is 4.98. The van der Waals surface area contributed by atoms with Gasteiger partial charge in [0.05, 0.1) is 0 Å². The maximum Gasteiger partial charge on any atom is 0.250 e. The van der Waals surface area contributed by atoms with Gasteiger partial charge in [-0.15, -0.1) is 0 Å². The van der Waals surface area contributed by atoms with Crippen molar-refractivity contribution in [3.63, 3.8) is 0 Å². The van der Waals surface area contributed by atoms with E-state index in [9.17, 15) is 4.79 Å². The van der Waals surface area contributed by atoms with E-state index in [1.165, 1.54) is 56.2 Å². The Bertz CT molecular complexity index is 585. The summed E-state index contributed by atoms with van der Waals surface area (Å²) in [5, 5.41) is 3.72. The van der Waals surface area contributed by atoms with Crippen molar-refractivity contribution in [3.05, 3.63) is 45.4 Å². The van der Waals surface area contributed by atoms with E-state index in [1.54, 1.807) is 11.6 Å². The van der Waals surface area contributed by atoms with Crippen molar-refractivity contribution in [2.24, 2.45) is 7.05 Å². The molecule has 0 amide bonds. The first-order chi connectivity index (χ1) is 10.3. The lowest BCUT2D eigenvalue weighted by Gasteiger charge is -2.28. The molecular formula is C18H26N2O. The number of hydrogen-bond acceptors (Lipinski definition) is 2. The summed E-state index contributed by atoms with van der Waals surface area (Å²) in [5.41, 5.74) is 4.30. The molecule has 21 heavy (non-hydrogen) atoms. The zero-order valence-electron chi connectivity index (χ0n) is 13.0. The number of allylic oxidation sites excluding steroid dienone is 1. The maximum atomic E-state index is 11.8. The molecule has 1 aromatic heterocycles. The molecular weight excluding hydrogens is 260 g/mol. The van der Waals surface area contributed by atoms with Crippen LogP contribution < -0.4 is 10.9 Å². The molecule has 0 saturated heterocycles. The molecule has 1 unspecified atom stereocenters. The highest BCUT2D eigenvalue weighted by molar-refractivity contribution is 5.27. The van der Waals surface area contributed by atoms with Gasteiger partial charge in [-0.3, -0.25) is 4.79 Å². The van der Waals surface area contributed by atoms with Crippen molar-refractivity contribution in [1.29, 1.82) is 0 Å². The van der Waals surface area contributed by atoms with Crippen LogP contribution in [0.15, 0.2) is 28.6 Å². The molecule has 1 N–H and O–H groups in total. The van der Waals surface area contributed by atoms with Gasteiger partial charge in [-0.25, -0.2) is 0 Å². The fourth-order valence-corrected chi connectivity index (χ4v) is 3.70. The molecule has 2 aliphatic rings. The Labute approximate surface area is 127 Å². The lowest BCUT2D eigenvalue weighted by atomic mass is 9.90. The van der Waals surface area contributed by atoms with Gasteiger partial charge in [0, 0.05) is 24.8 Å². The first kappa shape index (κ1) is 14.6. The number of fused-ring (bicyclic) bond motifs is 1. The van der Waals surface area contributed by atoms with Crippen LogP contribution in [0.3, 0.4) is 0 Å². The van der Waals surface area contributed by atoms with Gasteiger partial charge in [0.2, 0.25) is 5.56 Å². The molecule has 3 nitrogen and oxygen atoms in total. The van der Waals surface area contributed by atoms with Crippen LogP contribution in [0, 0.1) is 0 Å². The molecule has 0 bridgehead atoms. The van der Waals surface area contributed by atoms with E-state index in [2.05, 4.69) is 11.4 Å². The summed E-state index contributed by atoms with van der Waals surface area (Å²) >= 11 is 0. The smallest absolute Gasteiger partial charge is 0.250 e. The standard InChI is InChI=1S/C18H26N2O/c1-20-17-9-5-8-16(15(17)10-11-18(20)21)19-13-12-14-6-3-2-4-7-14/h6,10-11,16,19H,2-5,7-9,12-13H2,1H3. The first-order valence-electron chi connectivity index (χ1n) is 8.36. The minimum atomic E-state index is 0.113. The second-order valence-corrected chi connectivity index (χ2v) is 6.39. The average molecular weight is 286 g/mol. The van der Waals surface area contributed by atoms with E-state index >= 15 is 0 Å². The molecule has 0 fully saturated rings.